The van der Waals surface area contributed by atoms with Crippen molar-refractivity contribution in [1.82, 2.24) is 24.3 Å². The molecule has 4 aromatic rings. The van der Waals surface area contributed by atoms with Gasteiger partial charge in [0.1, 0.15) is 11.9 Å². The molecule has 8 heteroatoms. The zero-order chi connectivity index (χ0) is 22.1. The summed E-state index contributed by atoms with van der Waals surface area (Å²) in [7, 11) is 1.67. The van der Waals surface area contributed by atoms with Crippen molar-refractivity contribution in [3.05, 3.63) is 87.9 Å². The molecular weight excluding hydrogens is 470 g/mol. The minimum atomic E-state index is -0.218. The van der Waals surface area contributed by atoms with Crippen LogP contribution < -0.4 is 4.74 Å². The molecule has 0 fully saturated rings. The Kier molecular flexibility index (Phi) is 5.63. The monoisotopic (exact) mass is 491 g/mol. The van der Waals surface area contributed by atoms with E-state index in [0.717, 1.165) is 38.6 Å². The number of imidazole rings is 1. The molecule has 0 amide bonds. The van der Waals surface area contributed by atoms with Crippen LogP contribution in [0, 0.1) is 6.92 Å². The molecule has 0 saturated heterocycles. The van der Waals surface area contributed by atoms with Gasteiger partial charge in [0.2, 0.25) is 0 Å². The van der Waals surface area contributed by atoms with Gasteiger partial charge in [0.05, 0.1) is 38.0 Å². The number of fused-ring (bicyclic) bond motifs is 1. The van der Waals surface area contributed by atoms with E-state index in [1.54, 1.807) is 13.4 Å². The van der Waals surface area contributed by atoms with Crippen LogP contribution in [0.5, 0.6) is 5.75 Å². The van der Waals surface area contributed by atoms with E-state index in [1.807, 2.05) is 77.0 Å². The number of aromatic nitrogens is 5. The number of hydrogen-bond donors (Lipinski definition) is 0. The highest BCUT2D eigenvalue weighted by atomic mass is 79.9. The van der Waals surface area contributed by atoms with Crippen LogP contribution >= 0.6 is 15.9 Å². The summed E-state index contributed by atoms with van der Waals surface area (Å²) in [6.07, 6.45) is 7.44. The van der Waals surface area contributed by atoms with Gasteiger partial charge in [0.25, 0.3) is 0 Å². The summed E-state index contributed by atoms with van der Waals surface area (Å²) in [6, 6.07) is 14.2. The maximum atomic E-state index is 6.01. The number of ether oxygens (including phenoxy) is 2. The second-order valence-corrected chi connectivity index (χ2v) is 8.46. The van der Waals surface area contributed by atoms with Gasteiger partial charge in [-0.25, -0.2) is 14.6 Å². The van der Waals surface area contributed by atoms with Gasteiger partial charge in [0.15, 0.2) is 11.6 Å². The van der Waals surface area contributed by atoms with E-state index in [2.05, 4.69) is 26.0 Å². The number of hydrogen-bond acceptors (Lipinski definition) is 5. The Morgan fingerprint density at radius 1 is 1.16 bits per heavy atom. The average Bonchev–Trinajstić information content (AvgIpc) is 3.43. The molecule has 32 heavy (non-hydrogen) atoms. The molecule has 0 aliphatic carbocycles. The Morgan fingerprint density at radius 2 is 2.00 bits per heavy atom. The first-order chi connectivity index (χ1) is 15.6. The average molecular weight is 492 g/mol. The van der Waals surface area contributed by atoms with Gasteiger partial charge in [-0.05, 0) is 48.4 Å². The van der Waals surface area contributed by atoms with E-state index in [4.69, 9.17) is 14.5 Å². The van der Waals surface area contributed by atoms with Crippen LogP contribution in [0.25, 0.3) is 17.8 Å². The highest BCUT2D eigenvalue weighted by Crippen LogP contribution is 2.29. The number of benzene rings is 2. The first-order valence-electron chi connectivity index (χ1n) is 10.3. The van der Waals surface area contributed by atoms with E-state index in [1.165, 1.54) is 0 Å². The molecule has 2 aromatic heterocycles. The maximum absolute atomic E-state index is 6.01. The van der Waals surface area contributed by atoms with Crippen molar-refractivity contribution in [3.8, 4) is 11.4 Å². The molecule has 1 aliphatic heterocycles. The number of nitrogens with zero attached hydrogens (tertiary/aromatic N) is 5. The molecule has 0 radical (unpaired) electrons. The van der Waals surface area contributed by atoms with Gasteiger partial charge >= 0.3 is 0 Å². The van der Waals surface area contributed by atoms with Crippen LogP contribution in [0.15, 0.2) is 59.5 Å². The predicted octanol–water partition coefficient (Wildman–Crippen LogP) is 4.83. The lowest BCUT2D eigenvalue weighted by molar-refractivity contribution is 0.0389. The summed E-state index contributed by atoms with van der Waals surface area (Å²) >= 11 is 3.48. The van der Waals surface area contributed by atoms with Crippen LogP contribution in [-0.2, 0) is 11.3 Å². The van der Waals surface area contributed by atoms with E-state index >= 15 is 0 Å². The summed E-state index contributed by atoms with van der Waals surface area (Å²) in [5.74, 6) is 2.24. The lowest BCUT2D eigenvalue weighted by atomic mass is 10.1. The molecule has 5 rings (SSSR count). The Labute approximate surface area is 194 Å². The van der Waals surface area contributed by atoms with Crippen molar-refractivity contribution in [1.29, 1.82) is 0 Å². The lowest BCUT2D eigenvalue weighted by Gasteiger charge is -2.23. The van der Waals surface area contributed by atoms with Crippen LogP contribution in [0.2, 0.25) is 0 Å². The molecule has 2 aromatic carbocycles. The number of aryl methyl sites for hydroxylation is 1. The van der Waals surface area contributed by atoms with Gasteiger partial charge in [-0.2, -0.15) is 5.10 Å². The molecule has 0 saturated carbocycles. The normalized spacial score (nSPS) is 15.8. The van der Waals surface area contributed by atoms with Gasteiger partial charge in [-0.1, -0.05) is 40.2 Å². The maximum Gasteiger partial charge on any atom is 0.174 e. The Bertz CT molecular complexity index is 1280. The Hall–Kier alpha value is -3.23. The van der Waals surface area contributed by atoms with Crippen LogP contribution in [0.4, 0.5) is 0 Å². The van der Waals surface area contributed by atoms with Crippen molar-refractivity contribution >= 4 is 28.1 Å². The quantitative estimate of drug-likeness (QED) is 0.399. The highest BCUT2D eigenvalue weighted by molar-refractivity contribution is 9.10. The van der Waals surface area contributed by atoms with Crippen molar-refractivity contribution < 1.29 is 9.47 Å². The smallest absolute Gasteiger partial charge is 0.174 e. The van der Waals surface area contributed by atoms with E-state index in [9.17, 15) is 0 Å². The lowest BCUT2D eigenvalue weighted by Crippen LogP contribution is -2.23. The summed E-state index contributed by atoms with van der Waals surface area (Å²) in [5, 5.41) is 4.66. The fourth-order valence-electron chi connectivity index (χ4n) is 3.75. The zero-order valence-electron chi connectivity index (χ0n) is 17.8. The molecule has 1 aliphatic rings. The number of methoxy groups -OCH3 is 1. The molecular formula is C24H22BrN5O2. The molecule has 162 valence electrons. The summed E-state index contributed by atoms with van der Waals surface area (Å²) in [5.41, 5.74) is 3.95. The largest absolute Gasteiger partial charge is 0.495 e. The van der Waals surface area contributed by atoms with E-state index in [0.29, 0.717) is 19.0 Å². The van der Waals surface area contributed by atoms with Crippen LogP contribution in [0.3, 0.4) is 0 Å². The van der Waals surface area contributed by atoms with Gasteiger partial charge < -0.3 is 14.0 Å². The minimum Gasteiger partial charge on any atom is -0.495 e. The number of rotatable bonds is 5. The fourth-order valence-corrected chi connectivity index (χ4v) is 4.02. The first kappa shape index (κ1) is 20.7. The Balaban J connectivity index is 1.40. The minimum absolute atomic E-state index is 0.218. The Morgan fingerprint density at radius 3 is 2.75 bits per heavy atom. The third-order valence-electron chi connectivity index (χ3n) is 5.33. The van der Waals surface area contributed by atoms with Crippen molar-refractivity contribution in [2.24, 2.45) is 0 Å². The van der Waals surface area contributed by atoms with Crippen LogP contribution in [-0.4, -0.2) is 38.0 Å². The third-order valence-corrected chi connectivity index (χ3v) is 5.86. The van der Waals surface area contributed by atoms with Gasteiger partial charge in [-0.3, -0.25) is 0 Å². The molecule has 1 unspecified atom stereocenters. The zero-order valence-corrected chi connectivity index (χ0v) is 19.4. The van der Waals surface area contributed by atoms with Crippen molar-refractivity contribution in [2.75, 3.05) is 13.7 Å². The van der Waals surface area contributed by atoms with Crippen molar-refractivity contribution in [2.45, 2.75) is 19.6 Å². The SMILES string of the molecule is COc1cc(/C=C/c2nc3n(n2)CCOC3c2ccc(Br)cc2)ccc1-n1cnc(C)c1. The molecule has 0 bridgehead atoms. The summed E-state index contributed by atoms with van der Waals surface area (Å²) in [4.78, 5) is 9.03. The second kappa shape index (κ2) is 8.72. The fraction of sp³-hybridized carbons (Fsp3) is 0.208. The standard InChI is InChI=1S/C24H22BrN5O2/c1-16-14-29(15-26-16)20-9-3-17(13-21(20)31-2)4-10-22-27-24-23(32-12-11-30(24)28-22)18-5-7-19(25)8-6-18/h3-10,13-15,23H,11-12H2,1-2H3/b10-4+. The van der Waals surface area contributed by atoms with E-state index < -0.39 is 0 Å². The summed E-state index contributed by atoms with van der Waals surface area (Å²) in [6.45, 7) is 3.26. The van der Waals surface area contributed by atoms with Gasteiger partial charge in [-0.15, -0.1) is 0 Å². The van der Waals surface area contributed by atoms with Gasteiger partial charge in [0, 0.05) is 10.7 Å². The number of halogens is 1. The predicted molar refractivity (Wildman–Crippen MR) is 126 cm³/mol. The first-order valence-corrected chi connectivity index (χ1v) is 11.1. The molecule has 1 atom stereocenters. The van der Waals surface area contributed by atoms with E-state index in [-0.39, 0.29) is 6.10 Å². The molecule has 3 heterocycles. The molecule has 7 nitrogen and oxygen atoms in total. The van der Waals surface area contributed by atoms with Crippen LogP contribution in [0.1, 0.15) is 34.6 Å². The van der Waals surface area contributed by atoms with Crippen molar-refractivity contribution in [3.63, 3.8) is 0 Å². The summed E-state index contributed by atoms with van der Waals surface area (Å²) < 4.78 is 16.5. The molecule has 0 spiro atoms. The third kappa shape index (κ3) is 4.11. The highest BCUT2D eigenvalue weighted by Gasteiger charge is 2.26. The molecule has 0 N–H and O–H groups in total. The second-order valence-electron chi connectivity index (χ2n) is 7.54. The topological polar surface area (TPSA) is 67.0 Å².